The molecule has 268 valence electrons. The van der Waals surface area contributed by atoms with Gasteiger partial charge in [-0.1, -0.05) is 49.2 Å². The largest absolute Gasteiger partial charge is 0.467 e. The second-order valence-electron chi connectivity index (χ2n) is 13.4. The summed E-state index contributed by atoms with van der Waals surface area (Å²) in [6.07, 6.45) is -2.21. The Kier molecular flexibility index (Phi) is 10.3. The number of methoxy groups -OCH3 is 1. The Morgan fingerprint density at radius 3 is 2.26 bits per heavy atom. The first-order valence-electron chi connectivity index (χ1n) is 17.0. The standard InChI is InChI=1S/C37H43NO12/c1-21(39)46-30-31(47-22(2)40)33(48-23(3)41)35(50-32(30)34(42)44-4)49-26-14-13-25-18-29-27-12-8-9-15-37(27,28(25)19-26)16-17-38(29)36(43)45-20-24-10-6-5-7-11-24/h5-7,10-11,13-14,19,27,29-33,35H,8-9,12,15-18,20H2,1-4H3/t27-,29-,30+,31+,32+,33-,35-,37+/m1/s1. The molecule has 13 nitrogen and oxygen atoms in total. The van der Waals surface area contributed by atoms with Crippen LogP contribution in [0.25, 0.3) is 0 Å². The lowest BCUT2D eigenvalue weighted by Gasteiger charge is -2.58. The predicted octanol–water partition coefficient (Wildman–Crippen LogP) is 4.15. The van der Waals surface area contributed by atoms with Crippen LogP contribution >= 0.6 is 0 Å². The number of hydrogen-bond donors (Lipinski definition) is 0. The number of fused-ring (bicyclic) bond motifs is 1. The monoisotopic (exact) mass is 693 g/mol. The van der Waals surface area contributed by atoms with E-state index >= 15 is 0 Å². The van der Waals surface area contributed by atoms with Crippen LogP contribution in [0.3, 0.4) is 0 Å². The maximum absolute atomic E-state index is 13.5. The summed E-state index contributed by atoms with van der Waals surface area (Å²) >= 11 is 0. The molecule has 1 saturated carbocycles. The number of nitrogens with zero attached hydrogens (tertiary/aromatic N) is 1. The Bertz CT molecular complexity index is 1610. The minimum Gasteiger partial charge on any atom is -0.467 e. The highest BCUT2D eigenvalue weighted by molar-refractivity contribution is 5.77. The van der Waals surface area contributed by atoms with Crippen molar-refractivity contribution in [1.82, 2.24) is 4.90 Å². The molecule has 0 N–H and O–H groups in total. The number of carbonyl (C=O) groups is 5. The zero-order valence-corrected chi connectivity index (χ0v) is 28.7. The molecule has 0 unspecified atom stereocenters. The van der Waals surface area contributed by atoms with E-state index < -0.39 is 54.6 Å². The van der Waals surface area contributed by atoms with Crippen LogP contribution in [0.15, 0.2) is 48.5 Å². The van der Waals surface area contributed by atoms with E-state index in [1.807, 2.05) is 47.4 Å². The smallest absolute Gasteiger partial charge is 0.410 e. The molecule has 8 atom stereocenters. The van der Waals surface area contributed by atoms with Crippen LogP contribution in [0.2, 0.25) is 0 Å². The van der Waals surface area contributed by atoms with E-state index in [-0.39, 0.29) is 30.1 Å². The van der Waals surface area contributed by atoms with Gasteiger partial charge in [0.15, 0.2) is 18.3 Å². The first kappa shape index (κ1) is 35.2. The number of carbonyl (C=O) groups excluding carboxylic acids is 5. The normalized spacial score (nSPS) is 29.7. The maximum Gasteiger partial charge on any atom is 0.410 e. The molecule has 4 aliphatic rings. The third kappa shape index (κ3) is 7.01. The van der Waals surface area contributed by atoms with Crippen molar-refractivity contribution in [3.05, 3.63) is 65.2 Å². The fourth-order valence-corrected chi connectivity index (χ4v) is 8.40. The molecule has 13 heteroatoms. The summed E-state index contributed by atoms with van der Waals surface area (Å²) in [6, 6.07) is 15.3. The molecule has 2 bridgehead atoms. The highest BCUT2D eigenvalue weighted by atomic mass is 16.7. The second-order valence-corrected chi connectivity index (χ2v) is 13.4. The van der Waals surface area contributed by atoms with Crippen LogP contribution in [0.5, 0.6) is 5.75 Å². The minimum absolute atomic E-state index is 0.00914. The van der Waals surface area contributed by atoms with E-state index in [1.165, 1.54) is 0 Å². The molecule has 50 heavy (non-hydrogen) atoms. The van der Waals surface area contributed by atoms with E-state index in [4.69, 9.17) is 33.2 Å². The number of ether oxygens (including phenoxy) is 7. The molecule has 3 fully saturated rings. The number of rotatable bonds is 8. The van der Waals surface area contributed by atoms with E-state index in [0.29, 0.717) is 18.7 Å². The first-order chi connectivity index (χ1) is 24.0. The molecule has 0 radical (unpaired) electrons. The number of hydrogen-bond acceptors (Lipinski definition) is 12. The van der Waals surface area contributed by atoms with Gasteiger partial charge in [0.25, 0.3) is 0 Å². The van der Waals surface area contributed by atoms with Gasteiger partial charge < -0.3 is 38.1 Å². The molecule has 2 saturated heterocycles. The molecule has 2 aliphatic heterocycles. The average molecular weight is 694 g/mol. The Hall–Kier alpha value is -4.65. The summed E-state index contributed by atoms with van der Waals surface area (Å²) in [7, 11) is 1.14. The quantitative estimate of drug-likeness (QED) is 0.288. The number of amides is 1. The van der Waals surface area contributed by atoms with Gasteiger partial charge in [-0.2, -0.15) is 0 Å². The van der Waals surface area contributed by atoms with Crippen LogP contribution in [-0.2, 0) is 66.0 Å². The predicted molar refractivity (Wildman–Crippen MR) is 173 cm³/mol. The van der Waals surface area contributed by atoms with Gasteiger partial charge in [0, 0.05) is 38.8 Å². The number of esters is 4. The topological polar surface area (TPSA) is 153 Å². The molecule has 2 heterocycles. The van der Waals surface area contributed by atoms with Crippen LogP contribution in [0.1, 0.15) is 69.6 Å². The second kappa shape index (κ2) is 14.7. The lowest BCUT2D eigenvalue weighted by molar-refractivity contribution is -0.282. The molecule has 2 aromatic rings. The fourth-order valence-electron chi connectivity index (χ4n) is 8.40. The Morgan fingerprint density at radius 2 is 1.56 bits per heavy atom. The number of benzene rings is 2. The lowest BCUT2D eigenvalue weighted by atomic mass is 9.52. The summed E-state index contributed by atoms with van der Waals surface area (Å²) in [5, 5.41) is 0. The molecule has 2 aliphatic carbocycles. The van der Waals surface area contributed by atoms with Gasteiger partial charge in [-0.3, -0.25) is 14.4 Å². The van der Waals surface area contributed by atoms with Crippen molar-refractivity contribution in [3.8, 4) is 5.75 Å². The molecule has 2 aromatic carbocycles. The molecule has 0 spiro atoms. The third-order valence-electron chi connectivity index (χ3n) is 10.3. The molecular formula is C37H43NO12. The summed E-state index contributed by atoms with van der Waals surface area (Å²) in [5.41, 5.74) is 2.97. The van der Waals surface area contributed by atoms with Crippen LogP contribution < -0.4 is 4.74 Å². The van der Waals surface area contributed by atoms with Gasteiger partial charge in [0.1, 0.15) is 12.4 Å². The van der Waals surface area contributed by atoms with Crippen molar-refractivity contribution in [3.63, 3.8) is 0 Å². The van der Waals surface area contributed by atoms with Gasteiger partial charge in [-0.25, -0.2) is 9.59 Å². The zero-order valence-electron chi connectivity index (χ0n) is 28.7. The van der Waals surface area contributed by atoms with E-state index in [0.717, 1.165) is 76.7 Å². The molecular weight excluding hydrogens is 650 g/mol. The van der Waals surface area contributed by atoms with Crippen LogP contribution in [0.4, 0.5) is 4.79 Å². The maximum atomic E-state index is 13.5. The number of piperidine rings is 1. The molecule has 0 aromatic heterocycles. The zero-order chi connectivity index (χ0) is 35.6. The van der Waals surface area contributed by atoms with Crippen molar-refractivity contribution < 1.29 is 57.1 Å². The highest BCUT2D eigenvalue weighted by Gasteiger charge is 2.57. The summed E-state index contributed by atoms with van der Waals surface area (Å²) in [5.74, 6) is -2.60. The van der Waals surface area contributed by atoms with Crippen LogP contribution in [-0.4, -0.2) is 85.3 Å². The summed E-state index contributed by atoms with van der Waals surface area (Å²) in [4.78, 5) is 64.8. The van der Waals surface area contributed by atoms with Gasteiger partial charge in [-0.15, -0.1) is 0 Å². The van der Waals surface area contributed by atoms with Crippen molar-refractivity contribution in [2.45, 2.75) is 108 Å². The van der Waals surface area contributed by atoms with Gasteiger partial charge in [0.05, 0.1) is 7.11 Å². The van der Waals surface area contributed by atoms with Crippen molar-refractivity contribution >= 4 is 30.0 Å². The molecule has 6 rings (SSSR count). The van der Waals surface area contributed by atoms with Gasteiger partial charge in [0.2, 0.25) is 12.4 Å². The summed E-state index contributed by atoms with van der Waals surface area (Å²) < 4.78 is 39.5. The van der Waals surface area contributed by atoms with Gasteiger partial charge in [-0.05, 0) is 60.4 Å². The van der Waals surface area contributed by atoms with Gasteiger partial charge >= 0.3 is 30.0 Å². The van der Waals surface area contributed by atoms with E-state index in [2.05, 4.69) is 0 Å². The SMILES string of the molecule is COC(=O)[C@H]1O[C@@H](Oc2ccc3c(c2)[C@]24CCCC[C@@H]2[C@@H](C3)N(C(=O)OCc2ccccc2)CC4)[C@H](OC(C)=O)[C@@H](OC(C)=O)[C@@H]1OC(C)=O. The summed E-state index contributed by atoms with van der Waals surface area (Å²) in [6.45, 7) is 4.19. The van der Waals surface area contributed by atoms with Crippen molar-refractivity contribution in [2.75, 3.05) is 13.7 Å². The number of likely N-dealkylation sites (tertiary alicyclic amines) is 1. The van der Waals surface area contributed by atoms with E-state index in [1.54, 1.807) is 6.07 Å². The van der Waals surface area contributed by atoms with Crippen molar-refractivity contribution in [2.24, 2.45) is 5.92 Å². The third-order valence-corrected chi connectivity index (χ3v) is 10.3. The van der Waals surface area contributed by atoms with Crippen molar-refractivity contribution in [1.29, 1.82) is 0 Å². The Labute approximate surface area is 290 Å². The Morgan fingerprint density at radius 1 is 0.860 bits per heavy atom. The van der Waals surface area contributed by atoms with Crippen LogP contribution in [0, 0.1) is 5.92 Å². The Balaban J connectivity index is 1.29. The molecule has 1 amide bonds. The fraction of sp³-hybridized carbons (Fsp3) is 0.541. The lowest BCUT2D eigenvalue weighted by Crippen LogP contribution is -2.64. The van der Waals surface area contributed by atoms with E-state index in [9.17, 15) is 24.0 Å². The minimum atomic E-state index is -1.56. The highest BCUT2D eigenvalue weighted by Crippen LogP contribution is 2.56. The average Bonchev–Trinajstić information content (AvgIpc) is 3.09. The first-order valence-corrected chi connectivity index (χ1v) is 17.0.